The van der Waals surface area contributed by atoms with Crippen molar-refractivity contribution in [2.24, 2.45) is 11.7 Å². The van der Waals surface area contributed by atoms with Crippen LogP contribution in [0, 0.1) is 5.92 Å². The summed E-state index contributed by atoms with van der Waals surface area (Å²) in [5.41, 5.74) is 5.83. The Morgan fingerprint density at radius 2 is 1.59 bits per heavy atom. The number of ether oxygens (including phenoxy) is 1. The first-order valence-corrected chi connectivity index (χ1v) is 14.5. The SMILES string of the molecule is CC/C=C/C(OC(N)=O)C(Cl)C(O)CC(=O)C(O)C(O)C(C)/C(Cl)=C/C=C/C=C(C)/C=C/C=C/C(=O)NCC(O)CC(=O)O. The number of aliphatic hydroxyl groups excluding tert-OH is 4. The van der Waals surface area contributed by atoms with Crippen LogP contribution >= 0.6 is 23.2 Å². The summed E-state index contributed by atoms with van der Waals surface area (Å²) in [6.07, 6.45) is 6.55. The molecule has 7 unspecified atom stereocenters. The number of hydrogen-bond donors (Lipinski definition) is 7. The van der Waals surface area contributed by atoms with Crippen molar-refractivity contribution in [1.82, 2.24) is 5.32 Å². The summed E-state index contributed by atoms with van der Waals surface area (Å²) in [5, 5.41) is 50.5. The Bertz CT molecular complexity index is 1130. The monoisotopic (exact) mass is 660 g/mol. The number of hydrogen-bond acceptors (Lipinski definition) is 9. The van der Waals surface area contributed by atoms with Crippen LogP contribution in [0.5, 0.6) is 0 Å². The first kappa shape index (κ1) is 40.7. The molecule has 0 fully saturated rings. The van der Waals surface area contributed by atoms with E-state index in [0.29, 0.717) is 6.42 Å². The van der Waals surface area contributed by atoms with Gasteiger partial charge >= 0.3 is 12.1 Å². The maximum absolute atomic E-state index is 12.5. The summed E-state index contributed by atoms with van der Waals surface area (Å²) in [4.78, 5) is 45.8. The van der Waals surface area contributed by atoms with Crippen molar-refractivity contribution in [3.63, 3.8) is 0 Å². The minimum Gasteiger partial charge on any atom is -0.481 e. The van der Waals surface area contributed by atoms with Crippen LogP contribution in [0.4, 0.5) is 4.79 Å². The summed E-state index contributed by atoms with van der Waals surface area (Å²) < 4.78 is 4.87. The van der Waals surface area contributed by atoms with Gasteiger partial charge in [0.1, 0.15) is 17.6 Å². The Balaban J connectivity index is 4.99. The van der Waals surface area contributed by atoms with Gasteiger partial charge in [0.05, 0.1) is 24.7 Å². The van der Waals surface area contributed by atoms with Crippen molar-refractivity contribution in [2.45, 2.75) is 75.9 Å². The Labute approximate surface area is 266 Å². The van der Waals surface area contributed by atoms with E-state index in [9.17, 15) is 39.6 Å². The number of Topliss-reactive ketones (excluding diaryl/α,β-unsaturated/α-hetero) is 1. The number of ketones is 1. The third-order valence-corrected chi connectivity index (χ3v) is 6.88. The summed E-state index contributed by atoms with van der Waals surface area (Å²) >= 11 is 12.4. The van der Waals surface area contributed by atoms with Crippen LogP contribution in [0.2, 0.25) is 0 Å². The average Bonchev–Trinajstić information content (AvgIpc) is 2.96. The van der Waals surface area contributed by atoms with Gasteiger partial charge in [0, 0.05) is 30.0 Å². The van der Waals surface area contributed by atoms with Gasteiger partial charge < -0.3 is 41.3 Å². The second-order valence-corrected chi connectivity index (χ2v) is 10.6. The molecule has 0 bridgehead atoms. The van der Waals surface area contributed by atoms with E-state index in [1.165, 1.54) is 31.2 Å². The molecule has 0 aliphatic rings. The Kier molecular flexibility index (Phi) is 20.6. The van der Waals surface area contributed by atoms with Crippen LogP contribution in [0.15, 0.2) is 71.4 Å². The smallest absolute Gasteiger partial charge is 0.405 e. The van der Waals surface area contributed by atoms with E-state index in [0.717, 1.165) is 5.57 Å². The second-order valence-electron chi connectivity index (χ2n) is 9.71. The number of halogens is 2. The van der Waals surface area contributed by atoms with Crippen molar-refractivity contribution in [2.75, 3.05) is 6.54 Å². The number of amides is 2. The molecular weight excluding hydrogens is 619 g/mol. The molecule has 0 aliphatic heterocycles. The first-order valence-electron chi connectivity index (χ1n) is 13.7. The number of nitrogens with one attached hydrogen (secondary N) is 1. The number of nitrogens with two attached hydrogens (primary N) is 1. The summed E-state index contributed by atoms with van der Waals surface area (Å²) in [6, 6.07) is 0. The highest BCUT2D eigenvalue weighted by Crippen LogP contribution is 2.23. The highest BCUT2D eigenvalue weighted by atomic mass is 35.5. The van der Waals surface area contributed by atoms with Crippen LogP contribution in [0.3, 0.4) is 0 Å². The van der Waals surface area contributed by atoms with Crippen LogP contribution < -0.4 is 11.1 Å². The molecule has 0 aromatic heterocycles. The molecule has 0 radical (unpaired) electrons. The lowest BCUT2D eigenvalue weighted by Crippen LogP contribution is -2.43. The third-order valence-electron chi connectivity index (χ3n) is 5.87. The number of allylic oxidation sites excluding steroid dienone is 9. The topological polar surface area (TPSA) is 217 Å². The molecule has 0 aliphatic carbocycles. The van der Waals surface area contributed by atoms with Crippen LogP contribution in [0.1, 0.15) is 40.0 Å². The predicted molar refractivity (Wildman–Crippen MR) is 167 cm³/mol. The van der Waals surface area contributed by atoms with Crippen LogP contribution in [-0.4, -0.2) is 91.7 Å². The zero-order chi connectivity index (χ0) is 33.8. The Hall–Kier alpha value is -3.26. The van der Waals surface area contributed by atoms with Crippen LogP contribution in [0.25, 0.3) is 0 Å². The molecule has 2 amide bonds. The van der Waals surface area contributed by atoms with E-state index in [-0.39, 0.29) is 11.6 Å². The van der Waals surface area contributed by atoms with Gasteiger partial charge in [-0.15, -0.1) is 11.6 Å². The lowest BCUT2D eigenvalue weighted by molar-refractivity contribution is -0.139. The van der Waals surface area contributed by atoms with E-state index in [4.69, 9.17) is 38.8 Å². The van der Waals surface area contributed by atoms with Gasteiger partial charge in [-0.05, 0) is 25.5 Å². The summed E-state index contributed by atoms with van der Waals surface area (Å²) in [5.74, 6) is -3.41. The molecule has 0 aromatic carbocycles. The van der Waals surface area contributed by atoms with Crippen molar-refractivity contribution in [3.8, 4) is 0 Å². The molecular formula is C30H42Cl2N2O10. The second kappa shape index (κ2) is 22.3. The van der Waals surface area contributed by atoms with E-state index in [2.05, 4.69) is 5.32 Å². The molecule has 246 valence electrons. The highest BCUT2D eigenvalue weighted by molar-refractivity contribution is 6.30. The van der Waals surface area contributed by atoms with E-state index >= 15 is 0 Å². The summed E-state index contributed by atoms with van der Waals surface area (Å²) in [6.45, 7) is 4.93. The molecule has 0 saturated heterocycles. The van der Waals surface area contributed by atoms with E-state index < -0.39 is 78.4 Å². The molecule has 7 atom stereocenters. The summed E-state index contributed by atoms with van der Waals surface area (Å²) in [7, 11) is 0. The van der Waals surface area contributed by atoms with Gasteiger partial charge in [0.15, 0.2) is 5.78 Å². The molecule has 44 heavy (non-hydrogen) atoms. The first-order chi connectivity index (χ1) is 20.6. The third kappa shape index (κ3) is 17.8. The fraction of sp³-hybridized carbons (Fsp3) is 0.467. The highest BCUT2D eigenvalue weighted by Gasteiger charge is 2.34. The molecule has 0 saturated carbocycles. The molecule has 0 spiro atoms. The van der Waals surface area contributed by atoms with E-state index in [1.54, 1.807) is 43.4 Å². The molecule has 12 nitrogen and oxygen atoms in total. The maximum Gasteiger partial charge on any atom is 0.405 e. The zero-order valence-electron chi connectivity index (χ0n) is 24.8. The number of carboxylic acid groups (broad SMARTS) is 1. The lowest BCUT2D eigenvalue weighted by Gasteiger charge is -2.26. The standard InChI is InChI=1S/C30H42Cl2N2O10/c1-4-5-13-24(44-30(33)43)27(32)22(36)16-23(37)29(42)28(41)19(3)21(31)12-8-6-10-18(2)11-7-9-14-25(38)34-17-20(35)15-26(39)40/h5-14,19-20,22,24,27-29,35-36,41-42H,4,15-17H2,1-3H3,(H2,33,43)(H,34,38)(H,39,40)/b8-6+,11-7+,13-5+,14-9+,18-10+,21-12-. The average molecular weight is 662 g/mol. The Morgan fingerprint density at radius 3 is 2.18 bits per heavy atom. The molecule has 14 heteroatoms. The van der Waals surface area contributed by atoms with Gasteiger partial charge in [-0.3, -0.25) is 14.4 Å². The van der Waals surface area contributed by atoms with Crippen molar-refractivity contribution >= 4 is 47.0 Å². The number of alkyl halides is 1. The van der Waals surface area contributed by atoms with Gasteiger partial charge in [0.25, 0.3) is 0 Å². The Morgan fingerprint density at radius 1 is 0.977 bits per heavy atom. The van der Waals surface area contributed by atoms with E-state index in [1.807, 2.05) is 6.92 Å². The number of carbonyl (C=O) groups is 4. The van der Waals surface area contributed by atoms with Gasteiger partial charge in [-0.2, -0.15) is 0 Å². The van der Waals surface area contributed by atoms with Crippen molar-refractivity contribution < 1.29 is 49.4 Å². The normalized spacial score (nSPS) is 17.8. The minimum absolute atomic E-state index is 0.139. The molecule has 8 N–H and O–H groups in total. The van der Waals surface area contributed by atoms with Gasteiger partial charge in [-0.25, -0.2) is 4.79 Å². The molecule has 0 rings (SSSR count). The number of aliphatic hydroxyl groups is 4. The minimum atomic E-state index is -1.88. The molecule has 0 heterocycles. The number of carboxylic acids is 1. The lowest BCUT2D eigenvalue weighted by atomic mass is 9.93. The number of primary amides is 1. The number of carbonyl (C=O) groups excluding carboxylic acids is 3. The number of aliphatic carboxylic acids is 1. The zero-order valence-corrected chi connectivity index (χ0v) is 26.3. The maximum atomic E-state index is 12.5. The number of rotatable bonds is 20. The fourth-order valence-corrected chi connectivity index (χ4v) is 3.79. The quantitative estimate of drug-likeness (QED) is 0.0438. The van der Waals surface area contributed by atoms with Crippen molar-refractivity contribution in [1.29, 1.82) is 0 Å². The van der Waals surface area contributed by atoms with Crippen molar-refractivity contribution in [3.05, 3.63) is 71.4 Å². The predicted octanol–water partition coefficient (Wildman–Crippen LogP) is 2.39. The molecule has 0 aromatic rings. The van der Waals surface area contributed by atoms with Gasteiger partial charge in [0.2, 0.25) is 5.91 Å². The van der Waals surface area contributed by atoms with Crippen LogP contribution in [-0.2, 0) is 19.1 Å². The largest absolute Gasteiger partial charge is 0.481 e. The van der Waals surface area contributed by atoms with Gasteiger partial charge in [-0.1, -0.05) is 73.6 Å². The fourth-order valence-electron chi connectivity index (χ4n) is 3.36.